The molecule has 0 amide bonds. The number of piperidine rings is 1. The van der Waals surface area contributed by atoms with Gasteiger partial charge in [0.15, 0.2) is 0 Å². The summed E-state index contributed by atoms with van der Waals surface area (Å²) in [4.78, 5) is 3.73. The van der Waals surface area contributed by atoms with Crippen LogP contribution in [0.25, 0.3) is 0 Å². The molecule has 0 aromatic carbocycles. The maximum Gasteiger partial charge on any atom is 0.0815 e. The van der Waals surface area contributed by atoms with E-state index in [0.717, 1.165) is 13.0 Å². The van der Waals surface area contributed by atoms with Crippen molar-refractivity contribution < 1.29 is 0 Å². The van der Waals surface area contributed by atoms with Gasteiger partial charge in [-0.2, -0.15) is 0 Å². The van der Waals surface area contributed by atoms with E-state index in [1.807, 2.05) is 0 Å². The van der Waals surface area contributed by atoms with Crippen LogP contribution in [0.1, 0.15) is 73.1 Å². The van der Waals surface area contributed by atoms with Gasteiger partial charge in [0, 0.05) is 18.5 Å². The minimum absolute atomic E-state index is 0.321. The third kappa shape index (κ3) is 3.55. The number of nitrogens with zero attached hydrogens (tertiary/aromatic N) is 1. The molecule has 1 aliphatic heterocycles. The Morgan fingerprint density at radius 3 is 2.36 bits per heavy atom. The molecule has 0 aromatic heterocycles. The largest absolute Gasteiger partial charge is 0.363 e. The monoisotopic (exact) mass is 319 g/mol. The molecule has 22 heavy (non-hydrogen) atoms. The Kier molecular flexibility index (Phi) is 6.02. The average Bonchev–Trinajstić information content (AvgIpc) is 2.49. The zero-order valence-electron chi connectivity index (χ0n) is 15.3. The minimum Gasteiger partial charge on any atom is -0.363 e. The predicted octanol–water partition coefficient (Wildman–Crippen LogP) is 5.24. The van der Waals surface area contributed by atoms with E-state index < -0.39 is 0 Å². The molecule has 1 aliphatic carbocycles. The van der Waals surface area contributed by atoms with Crippen molar-refractivity contribution in [2.75, 3.05) is 6.54 Å². The quantitative estimate of drug-likeness (QED) is 0.505. The number of hydrogen-bond acceptors (Lipinski definition) is 1. The normalized spacial score (nSPS) is 37.7. The Bertz CT molecular complexity index is 395. The molecule has 2 radical (unpaired) electrons. The van der Waals surface area contributed by atoms with E-state index in [0.29, 0.717) is 35.0 Å². The molecule has 0 N–H and O–H groups in total. The van der Waals surface area contributed by atoms with E-state index in [9.17, 15) is 0 Å². The third-order valence-electron chi connectivity index (χ3n) is 6.60. The fourth-order valence-corrected chi connectivity index (χ4v) is 5.44. The maximum absolute atomic E-state index is 6.48. The summed E-state index contributed by atoms with van der Waals surface area (Å²) < 4.78 is 0. The predicted molar refractivity (Wildman–Crippen MR) is 102 cm³/mol. The van der Waals surface area contributed by atoms with Crippen molar-refractivity contribution in [3.05, 3.63) is 0 Å². The van der Waals surface area contributed by atoms with Crippen molar-refractivity contribution in [2.24, 2.45) is 23.2 Å². The average molecular weight is 319 g/mol. The van der Waals surface area contributed by atoms with E-state index in [1.165, 1.54) is 37.1 Å². The van der Waals surface area contributed by atoms with Crippen molar-refractivity contribution in [1.29, 1.82) is 0 Å². The summed E-state index contributed by atoms with van der Waals surface area (Å²) >= 11 is 5.96. The SMILES string of the molecule is [B]C1CCCCC2C(=S)N(C(C)C)CCC2C(C)(C(C)C)C1. The van der Waals surface area contributed by atoms with Gasteiger partial charge >= 0.3 is 0 Å². The Morgan fingerprint density at radius 2 is 1.77 bits per heavy atom. The molecule has 2 aliphatic rings. The zero-order chi connectivity index (χ0) is 16.5. The smallest absolute Gasteiger partial charge is 0.0815 e. The van der Waals surface area contributed by atoms with Crippen LogP contribution in [-0.2, 0) is 0 Å². The molecule has 1 nitrogen and oxygen atoms in total. The van der Waals surface area contributed by atoms with Crippen molar-refractivity contribution in [3.63, 3.8) is 0 Å². The molecule has 4 atom stereocenters. The number of hydrogen-bond donors (Lipinski definition) is 0. The number of likely N-dealkylation sites (tertiary alicyclic amines) is 1. The lowest BCUT2D eigenvalue weighted by atomic mass is 9.56. The standard InChI is InChI=1S/C19H34BNS/c1-13(2)19(5)12-15(20)8-6-7-9-16-17(19)10-11-21(14(3)4)18(16)22/h13-17H,6-12H2,1-5H3. The van der Waals surface area contributed by atoms with Crippen LogP contribution in [0, 0.1) is 23.2 Å². The van der Waals surface area contributed by atoms with Crippen molar-refractivity contribution >= 4 is 25.1 Å². The van der Waals surface area contributed by atoms with Gasteiger partial charge in [-0.25, -0.2) is 0 Å². The minimum atomic E-state index is 0.321. The highest BCUT2D eigenvalue weighted by atomic mass is 32.1. The first kappa shape index (κ1) is 18.3. The molecule has 0 bridgehead atoms. The highest BCUT2D eigenvalue weighted by molar-refractivity contribution is 7.80. The highest BCUT2D eigenvalue weighted by Crippen LogP contribution is 2.51. The Morgan fingerprint density at radius 1 is 1.14 bits per heavy atom. The van der Waals surface area contributed by atoms with Crippen LogP contribution in [0.15, 0.2) is 0 Å². The second kappa shape index (κ2) is 7.24. The van der Waals surface area contributed by atoms with Crippen molar-refractivity contribution in [2.45, 2.75) is 85.0 Å². The molecule has 1 saturated carbocycles. The first-order valence-corrected chi connectivity index (χ1v) is 9.74. The van der Waals surface area contributed by atoms with E-state index >= 15 is 0 Å². The fourth-order valence-electron chi connectivity index (χ4n) is 4.85. The fraction of sp³-hybridized carbons (Fsp3) is 0.947. The maximum atomic E-state index is 6.48. The molecule has 2 fully saturated rings. The lowest BCUT2D eigenvalue weighted by molar-refractivity contribution is 0.0427. The summed E-state index contributed by atoms with van der Waals surface area (Å²) in [7, 11) is 6.48. The van der Waals surface area contributed by atoms with Gasteiger partial charge in [0.1, 0.15) is 0 Å². The van der Waals surface area contributed by atoms with Gasteiger partial charge in [0.25, 0.3) is 0 Å². The summed E-state index contributed by atoms with van der Waals surface area (Å²) in [5, 5.41) is 0. The number of thiocarbonyl (C=S) groups is 1. The second-order valence-electron chi connectivity index (χ2n) is 8.54. The van der Waals surface area contributed by atoms with Gasteiger partial charge in [-0.15, -0.1) is 0 Å². The van der Waals surface area contributed by atoms with E-state index in [2.05, 4.69) is 39.5 Å². The molecule has 124 valence electrons. The van der Waals surface area contributed by atoms with Crippen LogP contribution in [-0.4, -0.2) is 30.3 Å². The second-order valence-corrected chi connectivity index (χ2v) is 8.95. The van der Waals surface area contributed by atoms with E-state index in [4.69, 9.17) is 20.1 Å². The first-order valence-electron chi connectivity index (χ1n) is 9.33. The summed E-state index contributed by atoms with van der Waals surface area (Å²) in [6, 6.07) is 0.536. The van der Waals surface area contributed by atoms with Crippen LogP contribution < -0.4 is 0 Å². The topological polar surface area (TPSA) is 3.24 Å². The van der Waals surface area contributed by atoms with Gasteiger partial charge < -0.3 is 4.90 Å². The van der Waals surface area contributed by atoms with Crippen molar-refractivity contribution in [3.8, 4) is 0 Å². The highest BCUT2D eigenvalue weighted by Gasteiger charge is 2.46. The van der Waals surface area contributed by atoms with Crippen molar-refractivity contribution in [1.82, 2.24) is 4.90 Å². The van der Waals surface area contributed by atoms with Crippen LogP contribution in [0.3, 0.4) is 0 Å². The Labute approximate surface area is 145 Å². The van der Waals surface area contributed by atoms with Crippen LogP contribution in [0.4, 0.5) is 0 Å². The molecule has 1 saturated heterocycles. The summed E-state index contributed by atoms with van der Waals surface area (Å²) in [6.45, 7) is 13.0. The van der Waals surface area contributed by atoms with Gasteiger partial charge in [0.2, 0.25) is 0 Å². The van der Waals surface area contributed by atoms with E-state index in [1.54, 1.807) is 0 Å². The van der Waals surface area contributed by atoms with Gasteiger partial charge in [0.05, 0.1) is 12.8 Å². The van der Waals surface area contributed by atoms with Gasteiger partial charge in [-0.3, -0.25) is 0 Å². The molecular weight excluding hydrogens is 285 g/mol. The number of rotatable bonds is 2. The Hall–Kier alpha value is -0.0451. The Balaban J connectivity index is 2.33. The molecule has 0 aromatic rings. The third-order valence-corrected chi connectivity index (χ3v) is 7.14. The first-order chi connectivity index (χ1) is 10.3. The molecule has 1 heterocycles. The van der Waals surface area contributed by atoms with Crippen LogP contribution >= 0.6 is 12.2 Å². The number of fused-ring (bicyclic) bond motifs is 1. The summed E-state index contributed by atoms with van der Waals surface area (Å²) in [6.07, 6.45) is 7.45. The van der Waals surface area contributed by atoms with Crippen LogP contribution in [0.2, 0.25) is 5.82 Å². The summed E-state index contributed by atoms with van der Waals surface area (Å²) in [5.41, 5.74) is 0.321. The lowest BCUT2D eigenvalue weighted by Crippen LogP contribution is -2.52. The zero-order valence-corrected chi connectivity index (χ0v) is 16.1. The lowest BCUT2D eigenvalue weighted by Gasteiger charge is -2.52. The van der Waals surface area contributed by atoms with Crippen LogP contribution in [0.5, 0.6) is 0 Å². The van der Waals surface area contributed by atoms with Gasteiger partial charge in [-0.05, 0) is 43.9 Å². The molecule has 0 spiro atoms. The molecule has 3 heteroatoms. The van der Waals surface area contributed by atoms with Gasteiger partial charge in [-0.1, -0.05) is 64.5 Å². The molecule has 2 rings (SSSR count). The summed E-state index contributed by atoms with van der Waals surface area (Å²) in [5.74, 6) is 2.32. The van der Waals surface area contributed by atoms with E-state index in [-0.39, 0.29) is 0 Å². The molecular formula is C19H34BNS. The molecule has 4 unspecified atom stereocenters.